The van der Waals surface area contributed by atoms with Crippen molar-refractivity contribution >= 4 is 11.8 Å². The molecule has 0 aliphatic heterocycles. The van der Waals surface area contributed by atoms with Gasteiger partial charge in [-0.05, 0) is 43.2 Å². The van der Waals surface area contributed by atoms with Crippen molar-refractivity contribution in [2.45, 2.75) is 13.8 Å². The molecular weight excluding hydrogens is 274 g/mol. The van der Waals surface area contributed by atoms with Crippen LogP contribution in [0.25, 0.3) is 0 Å². The predicted octanol–water partition coefficient (Wildman–Crippen LogP) is 3.79. The highest BCUT2D eigenvalue weighted by Crippen LogP contribution is 2.21. The third-order valence-corrected chi connectivity index (χ3v) is 2.79. The van der Waals surface area contributed by atoms with Crippen molar-refractivity contribution in [1.29, 1.82) is 0 Å². The van der Waals surface area contributed by atoms with Crippen molar-refractivity contribution in [2.75, 3.05) is 0 Å². The van der Waals surface area contributed by atoms with Gasteiger partial charge in [0.15, 0.2) is 0 Å². The topological polar surface area (TPSA) is 78.7 Å². The SMILES string of the molecule is Cc1ccc(C)c(OC(=O)Oc2ccc([N+](=O)[O-])cc2)c1. The first-order valence-electron chi connectivity index (χ1n) is 6.17. The third-order valence-electron chi connectivity index (χ3n) is 2.79. The van der Waals surface area contributed by atoms with Crippen LogP contribution in [0.1, 0.15) is 11.1 Å². The van der Waals surface area contributed by atoms with E-state index >= 15 is 0 Å². The zero-order chi connectivity index (χ0) is 15.4. The molecule has 0 unspecified atom stereocenters. The van der Waals surface area contributed by atoms with Crippen LogP contribution in [-0.2, 0) is 0 Å². The van der Waals surface area contributed by atoms with Crippen molar-refractivity contribution in [3.05, 3.63) is 63.7 Å². The summed E-state index contributed by atoms with van der Waals surface area (Å²) >= 11 is 0. The van der Waals surface area contributed by atoms with E-state index in [1.165, 1.54) is 24.3 Å². The van der Waals surface area contributed by atoms with E-state index in [-0.39, 0.29) is 11.4 Å². The van der Waals surface area contributed by atoms with Gasteiger partial charge in [-0.3, -0.25) is 10.1 Å². The summed E-state index contributed by atoms with van der Waals surface area (Å²) < 4.78 is 10.1. The van der Waals surface area contributed by atoms with Gasteiger partial charge in [-0.1, -0.05) is 12.1 Å². The van der Waals surface area contributed by atoms with E-state index in [4.69, 9.17) is 9.47 Å². The highest BCUT2D eigenvalue weighted by atomic mass is 16.7. The van der Waals surface area contributed by atoms with Crippen LogP contribution < -0.4 is 9.47 Å². The van der Waals surface area contributed by atoms with Crippen molar-refractivity contribution in [3.63, 3.8) is 0 Å². The van der Waals surface area contributed by atoms with Crippen molar-refractivity contribution < 1.29 is 19.2 Å². The zero-order valence-electron chi connectivity index (χ0n) is 11.5. The lowest BCUT2D eigenvalue weighted by molar-refractivity contribution is -0.384. The first-order valence-corrected chi connectivity index (χ1v) is 6.17. The lowest BCUT2D eigenvalue weighted by Crippen LogP contribution is -2.14. The number of carbonyl (C=O) groups is 1. The molecule has 0 amide bonds. The number of aryl methyl sites for hydroxylation is 2. The summed E-state index contributed by atoms with van der Waals surface area (Å²) in [7, 11) is 0. The van der Waals surface area contributed by atoms with E-state index in [9.17, 15) is 14.9 Å². The second-order valence-electron chi connectivity index (χ2n) is 4.47. The molecule has 0 spiro atoms. The molecule has 0 fully saturated rings. The smallest absolute Gasteiger partial charge is 0.395 e. The normalized spacial score (nSPS) is 10.0. The average molecular weight is 287 g/mol. The fraction of sp³-hybridized carbons (Fsp3) is 0.133. The average Bonchev–Trinajstić information content (AvgIpc) is 2.43. The number of non-ortho nitro benzene ring substituents is 1. The molecule has 0 bridgehead atoms. The quantitative estimate of drug-likeness (QED) is 0.371. The van der Waals surface area contributed by atoms with Gasteiger partial charge in [0.2, 0.25) is 0 Å². The van der Waals surface area contributed by atoms with Crippen molar-refractivity contribution in [3.8, 4) is 11.5 Å². The van der Waals surface area contributed by atoms with Gasteiger partial charge < -0.3 is 9.47 Å². The largest absolute Gasteiger partial charge is 0.519 e. The molecule has 0 aliphatic carbocycles. The fourth-order valence-electron chi connectivity index (χ4n) is 1.66. The molecule has 0 aliphatic rings. The van der Waals surface area contributed by atoms with E-state index in [0.717, 1.165) is 11.1 Å². The minimum atomic E-state index is -0.891. The Bertz CT molecular complexity index is 679. The Morgan fingerprint density at radius 3 is 2.33 bits per heavy atom. The molecule has 0 saturated carbocycles. The van der Waals surface area contributed by atoms with E-state index in [2.05, 4.69) is 0 Å². The maximum absolute atomic E-state index is 11.7. The molecule has 6 heteroatoms. The number of rotatable bonds is 3. The van der Waals surface area contributed by atoms with Crippen LogP contribution in [-0.4, -0.2) is 11.1 Å². The van der Waals surface area contributed by atoms with E-state index < -0.39 is 11.1 Å². The monoisotopic (exact) mass is 287 g/mol. The standard InChI is InChI=1S/C15H13NO5/c1-10-3-4-11(2)14(9-10)21-15(17)20-13-7-5-12(6-8-13)16(18)19/h3-9H,1-2H3. The Morgan fingerprint density at radius 1 is 1.05 bits per heavy atom. The molecule has 21 heavy (non-hydrogen) atoms. The Balaban J connectivity index is 2.04. The van der Waals surface area contributed by atoms with Crippen molar-refractivity contribution in [2.24, 2.45) is 0 Å². The summed E-state index contributed by atoms with van der Waals surface area (Å²) in [6.07, 6.45) is -0.891. The summed E-state index contributed by atoms with van der Waals surface area (Å²) in [6.45, 7) is 3.70. The van der Waals surface area contributed by atoms with Gasteiger partial charge in [-0.25, -0.2) is 4.79 Å². The first kappa shape index (κ1) is 14.5. The molecule has 0 aromatic heterocycles. The van der Waals surface area contributed by atoms with Gasteiger partial charge >= 0.3 is 6.16 Å². The number of carbonyl (C=O) groups excluding carboxylic acids is 1. The molecule has 2 aromatic rings. The number of nitro benzene ring substituents is 1. The summed E-state index contributed by atoms with van der Waals surface area (Å²) in [5.41, 5.74) is 1.69. The van der Waals surface area contributed by atoms with E-state index in [1.807, 2.05) is 26.0 Å². The second-order valence-corrected chi connectivity index (χ2v) is 4.47. The van der Waals surface area contributed by atoms with Crippen LogP contribution in [0.3, 0.4) is 0 Å². The number of hydrogen-bond acceptors (Lipinski definition) is 5. The molecular formula is C15H13NO5. The van der Waals surface area contributed by atoms with Crippen LogP contribution in [0.15, 0.2) is 42.5 Å². The summed E-state index contributed by atoms with van der Waals surface area (Å²) in [6, 6.07) is 10.6. The predicted molar refractivity (Wildman–Crippen MR) is 75.7 cm³/mol. The molecule has 0 heterocycles. The molecule has 108 valence electrons. The summed E-state index contributed by atoms with van der Waals surface area (Å²) in [4.78, 5) is 21.7. The number of nitrogens with zero attached hydrogens (tertiary/aromatic N) is 1. The van der Waals surface area contributed by atoms with E-state index in [0.29, 0.717) is 5.75 Å². The molecule has 0 atom stereocenters. The Morgan fingerprint density at radius 2 is 1.71 bits per heavy atom. The lowest BCUT2D eigenvalue weighted by atomic mass is 10.1. The third kappa shape index (κ3) is 3.79. The van der Waals surface area contributed by atoms with Crippen molar-refractivity contribution in [1.82, 2.24) is 0 Å². The Hall–Kier alpha value is -2.89. The maximum atomic E-state index is 11.7. The van der Waals surface area contributed by atoms with Gasteiger partial charge in [0.1, 0.15) is 11.5 Å². The summed E-state index contributed by atoms with van der Waals surface area (Å²) in [5.74, 6) is 0.595. The molecule has 0 N–H and O–H groups in total. The second kappa shape index (κ2) is 6.04. The molecule has 0 saturated heterocycles. The van der Waals surface area contributed by atoms with E-state index in [1.54, 1.807) is 6.07 Å². The minimum Gasteiger partial charge on any atom is -0.395 e. The number of benzene rings is 2. The van der Waals surface area contributed by atoms with Crippen LogP contribution in [0.2, 0.25) is 0 Å². The molecule has 6 nitrogen and oxygen atoms in total. The number of nitro groups is 1. The fourth-order valence-corrected chi connectivity index (χ4v) is 1.66. The van der Waals surface area contributed by atoms with Gasteiger partial charge in [0.25, 0.3) is 5.69 Å². The number of ether oxygens (including phenoxy) is 2. The highest BCUT2D eigenvalue weighted by Gasteiger charge is 2.11. The van der Waals surface area contributed by atoms with Gasteiger partial charge in [-0.2, -0.15) is 0 Å². The maximum Gasteiger partial charge on any atom is 0.519 e. The van der Waals surface area contributed by atoms with Crippen LogP contribution in [0.5, 0.6) is 11.5 Å². The molecule has 0 radical (unpaired) electrons. The zero-order valence-corrected chi connectivity index (χ0v) is 11.5. The highest BCUT2D eigenvalue weighted by molar-refractivity contribution is 5.67. The van der Waals surface area contributed by atoms with Gasteiger partial charge in [0.05, 0.1) is 4.92 Å². The minimum absolute atomic E-state index is 0.0785. The van der Waals surface area contributed by atoms with Gasteiger partial charge in [0, 0.05) is 12.1 Å². The van der Waals surface area contributed by atoms with Crippen LogP contribution >= 0.6 is 0 Å². The Kier molecular flexibility index (Phi) is 4.18. The molecule has 2 aromatic carbocycles. The van der Waals surface area contributed by atoms with Crippen LogP contribution in [0, 0.1) is 24.0 Å². The number of hydrogen-bond donors (Lipinski definition) is 0. The molecule has 2 rings (SSSR count). The first-order chi connectivity index (χ1) is 9.95. The lowest BCUT2D eigenvalue weighted by Gasteiger charge is -2.08. The summed E-state index contributed by atoms with van der Waals surface area (Å²) in [5, 5.41) is 10.5. The van der Waals surface area contributed by atoms with Crippen LogP contribution in [0.4, 0.5) is 10.5 Å². The Labute approximate surface area is 121 Å². The van der Waals surface area contributed by atoms with Gasteiger partial charge in [-0.15, -0.1) is 0 Å².